The van der Waals surface area contributed by atoms with Gasteiger partial charge in [0, 0.05) is 12.7 Å². The van der Waals surface area contributed by atoms with Gasteiger partial charge >= 0.3 is 0 Å². The molecule has 0 bridgehead atoms. The highest BCUT2D eigenvalue weighted by molar-refractivity contribution is 7.18. The number of nitrogens with two attached hydrogens (primary N) is 1. The molecule has 0 aliphatic carbocycles. The number of carbonyl (C=O) groups excluding carboxylic acids is 2. The molecule has 0 fully saturated rings. The number of anilines is 2. The average Bonchev–Trinajstić information content (AvgIpc) is 2.82. The van der Waals surface area contributed by atoms with Crippen molar-refractivity contribution in [1.29, 1.82) is 0 Å². The van der Waals surface area contributed by atoms with E-state index in [0.717, 1.165) is 11.3 Å². The Morgan fingerprint density at radius 1 is 1.18 bits per heavy atom. The first-order valence-electron chi connectivity index (χ1n) is 6.54. The maximum absolute atomic E-state index is 12.3. The Labute approximate surface area is 132 Å². The number of ether oxygens (including phenoxy) is 1. The number of thiophene rings is 1. The molecule has 0 unspecified atom stereocenters. The van der Waals surface area contributed by atoms with Crippen LogP contribution in [-0.4, -0.2) is 26.0 Å². The van der Waals surface area contributed by atoms with E-state index in [4.69, 9.17) is 10.5 Å². The van der Waals surface area contributed by atoms with Gasteiger partial charge in [0.25, 0.3) is 11.8 Å². The van der Waals surface area contributed by atoms with Crippen molar-refractivity contribution in [3.8, 4) is 5.75 Å². The van der Waals surface area contributed by atoms with Crippen LogP contribution in [0.5, 0.6) is 5.75 Å². The standard InChI is InChI=1S/C15H17N3O3S/c1-8-11(14(19)17-2)13(16)22-12(8)15(20)18-9-4-6-10(21-3)7-5-9/h4-7H,16H2,1-3H3,(H,17,19)(H,18,20). The number of rotatable bonds is 4. The fourth-order valence-electron chi connectivity index (χ4n) is 2.02. The Balaban J connectivity index is 2.24. The second kappa shape index (κ2) is 6.48. The zero-order chi connectivity index (χ0) is 16.3. The molecule has 0 saturated carbocycles. The van der Waals surface area contributed by atoms with Crippen LogP contribution in [0, 0.1) is 6.92 Å². The highest BCUT2D eigenvalue weighted by Crippen LogP contribution is 2.31. The van der Waals surface area contributed by atoms with Crippen LogP contribution in [0.3, 0.4) is 0 Å². The summed E-state index contributed by atoms with van der Waals surface area (Å²) in [5.41, 5.74) is 7.42. The van der Waals surface area contributed by atoms with Crippen molar-refractivity contribution in [3.63, 3.8) is 0 Å². The molecular weight excluding hydrogens is 302 g/mol. The molecule has 4 N–H and O–H groups in total. The van der Waals surface area contributed by atoms with Gasteiger partial charge in [-0.05, 0) is 36.8 Å². The van der Waals surface area contributed by atoms with E-state index in [0.29, 0.717) is 32.4 Å². The quantitative estimate of drug-likeness (QED) is 0.806. The van der Waals surface area contributed by atoms with Gasteiger partial charge in [-0.1, -0.05) is 0 Å². The topological polar surface area (TPSA) is 93.5 Å². The number of hydrogen-bond acceptors (Lipinski definition) is 5. The summed E-state index contributed by atoms with van der Waals surface area (Å²) in [4.78, 5) is 24.6. The van der Waals surface area contributed by atoms with E-state index in [1.807, 2.05) is 0 Å². The van der Waals surface area contributed by atoms with E-state index in [1.54, 1.807) is 38.3 Å². The van der Waals surface area contributed by atoms with Gasteiger partial charge in [-0.3, -0.25) is 9.59 Å². The zero-order valence-electron chi connectivity index (χ0n) is 12.5. The van der Waals surface area contributed by atoms with Gasteiger partial charge < -0.3 is 21.1 Å². The molecule has 0 atom stereocenters. The number of amides is 2. The molecule has 2 rings (SSSR count). The van der Waals surface area contributed by atoms with E-state index in [-0.39, 0.29) is 11.8 Å². The first kappa shape index (κ1) is 15.8. The van der Waals surface area contributed by atoms with E-state index >= 15 is 0 Å². The first-order valence-corrected chi connectivity index (χ1v) is 7.36. The second-order valence-corrected chi connectivity index (χ2v) is 5.61. The summed E-state index contributed by atoms with van der Waals surface area (Å²) in [6.45, 7) is 1.71. The van der Waals surface area contributed by atoms with Gasteiger partial charge in [-0.15, -0.1) is 11.3 Å². The van der Waals surface area contributed by atoms with Gasteiger partial charge in [-0.2, -0.15) is 0 Å². The molecule has 6 nitrogen and oxygen atoms in total. The Morgan fingerprint density at radius 2 is 1.82 bits per heavy atom. The number of carbonyl (C=O) groups is 2. The van der Waals surface area contributed by atoms with Gasteiger partial charge in [-0.25, -0.2) is 0 Å². The minimum atomic E-state index is -0.297. The molecule has 0 spiro atoms. The van der Waals surface area contributed by atoms with Crippen molar-refractivity contribution in [2.24, 2.45) is 0 Å². The lowest BCUT2D eigenvalue weighted by molar-refractivity contribution is 0.0963. The lowest BCUT2D eigenvalue weighted by atomic mass is 10.1. The monoisotopic (exact) mass is 319 g/mol. The van der Waals surface area contributed by atoms with Crippen LogP contribution in [0.15, 0.2) is 24.3 Å². The summed E-state index contributed by atoms with van der Waals surface area (Å²) < 4.78 is 5.06. The molecular formula is C15H17N3O3S. The third-order valence-corrected chi connectivity index (χ3v) is 4.30. The Morgan fingerprint density at radius 3 is 2.36 bits per heavy atom. The summed E-state index contributed by atoms with van der Waals surface area (Å²) in [7, 11) is 3.10. The number of nitrogens with one attached hydrogen (secondary N) is 2. The Kier molecular flexibility index (Phi) is 4.67. The highest BCUT2D eigenvalue weighted by atomic mass is 32.1. The molecule has 0 aliphatic heterocycles. The predicted molar refractivity (Wildman–Crippen MR) is 87.8 cm³/mol. The molecule has 0 radical (unpaired) electrons. The summed E-state index contributed by atoms with van der Waals surface area (Å²) in [5.74, 6) is 0.112. The normalized spacial score (nSPS) is 10.1. The van der Waals surface area contributed by atoms with E-state index in [2.05, 4.69) is 10.6 Å². The van der Waals surface area contributed by atoms with Crippen LogP contribution >= 0.6 is 11.3 Å². The summed E-state index contributed by atoms with van der Waals surface area (Å²) in [6.07, 6.45) is 0. The third kappa shape index (κ3) is 3.04. The minimum absolute atomic E-state index is 0.297. The van der Waals surface area contributed by atoms with Crippen molar-refractivity contribution in [2.45, 2.75) is 6.92 Å². The fraction of sp³-hybridized carbons (Fsp3) is 0.200. The van der Waals surface area contributed by atoms with Crippen molar-refractivity contribution in [1.82, 2.24) is 5.32 Å². The van der Waals surface area contributed by atoms with Crippen molar-refractivity contribution in [2.75, 3.05) is 25.2 Å². The minimum Gasteiger partial charge on any atom is -0.497 e. The lowest BCUT2D eigenvalue weighted by Gasteiger charge is -2.06. The maximum atomic E-state index is 12.3. The highest BCUT2D eigenvalue weighted by Gasteiger charge is 2.22. The molecule has 22 heavy (non-hydrogen) atoms. The maximum Gasteiger partial charge on any atom is 0.266 e. The number of hydrogen-bond donors (Lipinski definition) is 3. The van der Waals surface area contributed by atoms with E-state index in [1.165, 1.54) is 7.05 Å². The van der Waals surface area contributed by atoms with Crippen molar-refractivity contribution >= 4 is 33.8 Å². The van der Waals surface area contributed by atoms with Crippen LogP contribution in [0.25, 0.3) is 0 Å². The van der Waals surface area contributed by atoms with E-state index in [9.17, 15) is 9.59 Å². The lowest BCUT2D eigenvalue weighted by Crippen LogP contribution is -2.20. The summed E-state index contributed by atoms with van der Waals surface area (Å²) >= 11 is 1.10. The molecule has 7 heteroatoms. The average molecular weight is 319 g/mol. The second-order valence-electron chi connectivity index (χ2n) is 4.56. The van der Waals surface area contributed by atoms with Crippen LogP contribution in [-0.2, 0) is 0 Å². The zero-order valence-corrected chi connectivity index (χ0v) is 13.3. The first-order chi connectivity index (χ1) is 10.5. The van der Waals surface area contributed by atoms with Crippen LogP contribution in [0.2, 0.25) is 0 Å². The number of methoxy groups -OCH3 is 1. The van der Waals surface area contributed by atoms with E-state index < -0.39 is 0 Å². The Bertz CT molecular complexity index is 708. The molecule has 2 amide bonds. The van der Waals surface area contributed by atoms with Gasteiger partial charge in [0.1, 0.15) is 5.75 Å². The van der Waals surface area contributed by atoms with Gasteiger partial charge in [0.05, 0.1) is 22.6 Å². The summed E-state index contributed by atoms with van der Waals surface area (Å²) in [5, 5.41) is 5.63. The number of benzene rings is 1. The predicted octanol–water partition coefficient (Wildman–Crippen LogP) is 2.26. The Hall–Kier alpha value is -2.54. The van der Waals surface area contributed by atoms with Crippen LogP contribution < -0.4 is 21.1 Å². The largest absolute Gasteiger partial charge is 0.497 e. The third-order valence-electron chi connectivity index (χ3n) is 3.18. The van der Waals surface area contributed by atoms with Crippen molar-refractivity contribution < 1.29 is 14.3 Å². The molecule has 116 valence electrons. The van der Waals surface area contributed by atoms with Crippen molar-refractivity contribution in [3.05, 3.63) is 40.3 Å². The smallest absolute Gasteiger partial charge is 0.266 e. The molecule has 0 aliphatic rings. The van der Waals surface area contributed by atoms with Gasteiger partial charge in [0.2, 0.25) is 0 Å². The van der Waals surface area contributed by atoms with Crippen LogP contribution in [0.1, 0.15) is 25.6 Å². The van der Waals surface area contributed by atoms with Crippen LogP contribution in [0.4, 0.5) is 10.7 Å². The van der Waals surface area contributed by atoms with Gasteiger partial charge in [0.15, 0.2) is 0 Å². The fourth-order valence-corrected chi connectivity index (χ4v) is 2.99. The molecule has 1 aromatic carbocycles. The molecule has 0 saturated heterocycles. The number of nitrogen functional groups attached to an aromatic ring is 1. The molecule has 2 aromatic rings. The SMILES string of the molecule is CNC(=O)c1c(N)sc(C(=O)Nc2ccc(OC)cc2)c1C. The molecule has 1 heterocycles. The summed E-state index contributed by atoms with van der Waals surface area (Å²) in [6, 6.07) is 6.98. The molecule has 1 aromatic heterocycles.